The molecule has 1 saturated heterocycles. The number of thioether (sulfide) groups is 1. The fraction of sp³-hybridized carbons (Fsp3) is 0.450. The van der Waals surface area contributed by atoms with Crippen molar-refractivity contribution in [3.05, 3.63) is 34.3 Å². The zero-order chi connectivity index (χ0) is 21.7. The average molecular weight is 453 g/mol. The van der Waals surface area contributed by atoms with Gasteiger partial charge in [0.05, 0.1) is 25.3 Å². The number of hydrogen-bond donors (Lipinski definition) is 2. The van der Waals surface area contributed by atoms with Crippen molar-refractivity contribution >= 4 is 41.0 Å². The molecule has 1 aliphatic heterocycles. The van der Waals surface area contributed by atoms with Gasteiger partial charge < -0.3 is 24.8 Å². The van der Waals surface area contributed by atoms with E-state index in [9.17, 15) is 9.90 Å². The fourth-order valence-electron chi connectivity index (χ4n) is 3.25. The number of aliphatic hydroxyl groups is 1. The van der Waals surface area contributed by atoms with Crippen molar-refractivity contribution in [3.8, 4) is 5.75 Å². The third kappa shape index (κ3) is 5.08. The van der Waals surface area contributed by atoms with E-state index in [0.717, 1.165) is 5.56 Å². The highest BCUT2D eigenvalue weighted by Gasteiger charge is 2.28. The molecule has 1 aromatic heterocycles. The number of aliphatic hydroxyl groups excluding tert-OH is 1. The largest absolute Gasteiger partial charge is 0.495 e. The standard InChI is InChI=1S/C20H25ClN4O4S/c1-28-15-5-4-12(10-14(15)21)11-22-17-16(19(27)29-2)18(24-20(23-17)30-3)25-8-6-13(26)7-9-25/h4-5,10,13,26H,6-9,11H2,1-3H3,(H,22,23,24). The van der Waals surface area contributed by atoms with Gasteiger partial charge in [0.15, 0.2) is 5.16 Å². The predicted octanol–water partition coefficient (Wildman–Crippen LogP) is 3.22. The Kier molecular flexibility index (Phi) is 7.63. The maximum absolute atomic E-state index is 12.6. The summed E-state index contributed by atoms with van der Waals surface area (Å²) in [5.41, 5.74) is 1.19. The van der Waals surface area contributed by atoms with Crippen LogP contribution in [0.4, 0.5) is 11.6 Å². The number of methoxy groups -OCH3 is 2. The van der Waals surface area contributed by atoms with Gasteiger partial charge in [0.25, 0.3) is 0 Å². The maximum Gasteiger partial charge on any atom is 0.345 e. The monoisotopic (exact) mass is 452 g/mol. The summed E-state index contributed by atoms with van der Waals surface area (Å²) >= 11 is 7.61. The summed E-state index contributed by atoms with van der Waals surface area (Å²) in [7, 11) is 2.90. The number of hydrogen-bond acceptors (Lipinski definition) is 9. The molecule has 0 saturated carbocycles. The SMILES string of the molecule is COC(=O)c1c(NCc2ccc(OC)c(Cl)c2)nc(SC)nc1N1CCC(O)CC1. The van der Waals surface area contributed by atoms with Crippen molar-refractivity contribution in [2.24, 2.45) is 0 Å². The number of esters is 1. The van der Waals surface area contributed by atoms with Crippen molar-refractivity contribution in [3.63, 3.8) is 0 Å². The van der Waals surface area contributed by atoms with Crippen LogP contribution in [0.15, 0.2) is 23.4 Å². The van der Waals surface area contributed by atoms with E-state index in [-0.39, 0.29) is 11.7 Å². The number of carbonyl (C=O) groups is 1. The number of carbonyl (C=O) groups excluding carboxylic acids is 1. The molecular formula is C20H25ClN4O4S. The van der Waals surface area contributed by atoms with Gasteiger partial charge >= 0.3 is 5.97 Å². The predicted molar refractivity (Wildman–Crippen MR) is 118 cm³/mol. The third-order valence-corrected chi connectivity index (χ3v) is 5.72. The number of anilines is 2. The molecule has 2 aromatic rings. The minimum absolute atomic E-state index is 0.284. The van der Waals surface area contributed by atoms with Crippen molar-refractivity contribution in [1.29, 1.82) is 0 Å². The molecule has 0 bridgehead atoms. The summed E-state index contributed by atoms with van der Waals surface area (Å²) in [4.78, 5) is 23.7. The molecule has 1 fully saturated rings. The van der Waals surface area contributed by atoms with Gasteiger partial charge in [-0.15, -0.1) is 0 Å². The molecule has 1 aromatic carbocycles. The molecule has 1 aliphatic rings. The smallest absolute Gasteiger partial charge is 0.345 e. The van der Waals surface area contributed by atoms with E-state index < -0.39 is 5.97 Å². The molecule has 2 heterocycles. The first-order chi connectivity index (χ1) is 14.5. The van der Waals surface area contributed by atoms with Crippen LogP contribution in [0.5, 0.6) is 5.75 Å². The molecule has 0 aliphatic carbocycles. The Labute approximate surface area is 184 Å². The Hall–Kier alpha value is -2.23. The Bertz CT molecular complexity index is 907. The normalized spacial score (nSPS) is 14.5. The Morgan fingerprint density at radius 2 is 2.07 bits per heavy atom. The van der Waals surface area contributed by atoms with Crippen molar-refractivity contribution < 1.29 is 19.4 Å². The summed E-state index contributed by atoms with van der Waals surface area (Å²) < 4.78 is 10.2. The number of nitrogens with zero attached hydrogens (tertiary/aromatic N) is 3. The number of benzene rings is 1. The minimum atomic E-state index is -0.515. The zero-order valence-electron chi connectivity index (χ0n) is 17.1. The van der Waals surface area contributed by atoms with Crippen LogP contribution in [0.1, 0.15) is 28.8 Å². The van der Waals surface area contributed by atoms with Gasteiger partial charge in [-0.05, 0) is 36.8 Å². The van der Waals surface area contributed by atoms with E-state index >= 15 is 0 Å². The first-order valence-electron chi connectivity index (χ1n) is 9.50. The van der Waals surface area contributed by atoms with Crippen molar-refractivity contribution in [1.82, 2.24) is 9.97 Å². The fourth-order valence-corrected chi connectivity index (χ4v) is 3.89. The molecule has 162 valence electrons. The average Bonchev–Trinajstić information content (AvgIpc) is 2.77. The lowest BCUT2D eigenvalue weighted by molar-refractivity contribution is 0.0601. The highest BCUT2D eigenvalue weighted by molar-refractivity contribution is 7.98. The molecule has 0 radical (unpaired) electrons. The zero-order valence-corrected chi connectivity index (χ0v) is 18.7. The molecule has 0 unspecified atom stereocenters. The lowest BCUT2D eigenvalue weighted by Gasteiger charge is -2.32. The van der Waals surface area contributed by atoms with Crippen LogP contribution in [0.2, 0.25) is 5.02 Å². The van der Waals surface area contributed by atoms with Gasteiger partial charge in [0.1, 0.15) is 22.9 Å². The molecule has 3 rings (SSSR count). The lowest BCUT2D eigenvalue weighted by atomic mass is 10.1. The number of nitrogens with one attached hydrogen (secondary N) is 1. The van der Waals surface area contributed by atoms with E-state index in [1.54, 1.807) is 19.2 Å². The second-order valence-electron chi connectivity index (χ2n) is 6.79. The van der Waals surface area contributed by atoms with Gasteiger partial charge in [-0.1, -0.05) is 29.4 Å². The minimum Gasteiger partial charge on any atom is -0.495 e. The first-order valence-corrected chi connectivity index (χ1v) is 11.1. The molecule has 10 heteroatoms. The Balaban J connectivity index is 1.94. The number of piperidine rings is 1. The van der Waals surface area contributed by atoms with Crippen LogP contribution < -0.4 is 15.0 Å². The molecule has 2 N–H and O–H groups in total. The third-order valence-electron chi connectivity index (χ3n) is 4.88. The topological polar surface area (TPSA) is 96.8 Å². The number of aromatic nitrogens is 2. The quantitative estimate of drug-likeness (QED) is 0.372. The van der Waals surface area contributed by atoms with Crippen LogP contribution in [0.25, 0.3) is 0 Å². The summed E-state index contributed by atoms with van der Waals surface area (Å²) in [6.45, 7) is 1.60. The summed E-state index contributed by atoms with van der Waals surface area (Å²) in [5.74, 6) is 0.994. The van der Waals surface area contributed by atoms with E-state index in [1.807, 2.05) is 17.2 Å². The van der Waals surface area contributed by atoms with Gasteiger partial charge in [0, 0.05) is 19.6 Å². The number of rotatable bonds is 7. The van der Waals surface area contributed by atoms with Crippen LogP contribution in [-0.2, 0) is 11.3 Å². The molecule has 8 nitrogen and oxygen atoms in total. The second kappa shape index (κ2) is 10.2. The van der Waals surface area contributed by atoms with Gasteiger partial charge in [0.2, 0.25) is 0 Å². The highest BCUT2D eigenvalue weighted by Crippen LogP contribution is 2.31. The van der Waals surface area contributed by atoms with Crippen molar-refractivity contribution in [2.45, 2.75) is 30.6 Å². The Morgan fingerprint density at radius 3 is 2.67 bits per heavy atom. The lowest BCUT2D eigenvalue weighted by Crippen LogP contribution is -2.37. The number of halogens is 1. The van der Waals surface area contributed by atoms with Gasteiger partial charge in [-0.25, -0.2) is 14.8 Å². The summed E-state index contributed by atoms with van der Waals surface area (Å²) in [6.07, 6.45) is 2.78. The number of ether oxygens (including phenoxy) is 2. The summed E-state index contributed by atoms with van der Waals surface area (Å²) in [5, 5.41) is 14.1. The van der Waals surface area contributed by atoms with Crippen LogP contribution in [0.3, 0.4) is 0 Å². The molecule has 0 atom stereocenters. The van der Waals surface area contributed by atoms with Gasteiger partial charge in [-0.3, -0.25) is 0 Å². The van der Waals surface area contributed by atoms with Gasteiger partial charge in [-0.2, -0.15) is 0 Å². The van der Waals surface area contributed by atoms with Crippen LogP contribution in [0, 0.1) is 0 Å². The highest BCUT2D eigenvalue weighted by atomic mass is 35.5. The second-order valence-corrected chi connectivity index (χ2v) is 7.97. The molecule has 0 spiro atoms. The van der Waals surface area contributed by atoms with E-state index in [1.165, 1.54) is 18.9 Å². The first kappa shape index (κ1) is 22.5. The van der Waals surface area contributed by atoms with E-state index in [4.69, 9.17) is 21.1 Å². The molecular weight excluding hydrogens is 428 g/mol. The maximum atomic E-state index is 12.6. The van der Waals surface area contributed by atoms with E-state index in [0.29, 0.717) is 60.0 Å². The van der Waals surface area contributed by atoms with Crippen LogP contribution in [-0.4, -0.2) is 60.7 Å². The Morgan fingerprint density at radius 1 is 1.33 bits per heavy atom. The molecule has 30 heavy (non-hydrogen) atoms. The van der Waals surface area contributed by atoms with Crippen LogP contribution >= 0.6 is 23.4 Å². The molecule has 0 amide bonds. The van der Waals surface area contributed by atoms with E-state index in [2.05, 4.69) is 15.3 Å². The summed E-state index contributed by atoms with van der Waals surface area (Å²) in [6, 6.07) is 5.48. The van der Waals surface area contributed by atoms with Crippen molar-refractivity contribution in [2.75, 3.05) is 43.8 Å².